The molecule has 2 heterocycles. The van der Waals surface area contributed by atoms with Crippen LogP contribution < -0.4 is 19.6 Å². The third-order valence-electron chi connectivity index (χ3n) is 5.97. The molecule has 1 aromatic heterocycles. The fourth-order valence-electron chi connectivity index (χ4n) is 4.22. The van der Waals surface area contributed by atoms with Crippen molar-refractivity contribution in [3.8, 4) is 28.6 Å². The molecule has 32 heavy (non-hydrogen) atoms. The van der Waals surface area contributed by atoms with Crippen LogP contribution in [0.3, 0.4) is 0 Å². The third-order valence-corrected chi connectivity index (χ3v) is 5.97. The molecule has 1 saturated heterocycles. The molecule has 0 spiro atoms. The summed E-state index contributed by atoms with van der Waals surface area (Å²) in [5, 5.41) is 0.514. The Kier molecular flexibility index (Phi) is 7.32. The van der Waals surface area contributed by atoms with Gasteiger partial charge in [-0.1, -0.05) is 18.6 Å². The maximum Gasteiger partial charge on any atom is 0.235 e. The molecule has 0 atom stereocenters. The number of nitrogens with zero attached hydrogens (tertiary/aromatic N) is 1. The number of hydrogen-bond donors (Lipinski definition) is 0. The van der Waals surface area contributed by atoms with Crippen LogP contribution in [0, 0.1) is 0 Å². The number of methoxy groups -OCH3 is 2. The molecule has 6 nitrogen and oxygen atoms in total. The van der Waals surface area contributed by atoms with Gasteiger partial charge >= 0.3 is 0 Å². The van der Waals surface area contributed by atoms with Gasteiger partial charge in [-0.3, -0.25) is 4.79 Å². The lowest BCUT2D eigenvalue weighted by atomic mass is 10.1. The molecular formula is C26H31NO5. The summed E-state index contributed by atoms with van der Waals surface area (Å²) in [5.41, 5.74) is 1.07. The molecule has 6 heteroatoms. The van der Waals surface area contributed by atoms with E-state index in [0.717, 1.165) is 19.4 Å². The van der Waals surface area contributed by atoms with Gasteiger partial charge in [0.05, 0.1) is 26.2 Å². The minimum absolute atomic E-state index is 0.160. The molecule has 1 fully saturated rings. The Balaban J connectivity index is 1.57. The summed E-state index contributed by atoms with van der Waals surface area (Å²) in [6, 6.07) is 12.7. The predicted octanol–water partition coefficient (Wildman–Crippen LogP) is 5.12. The molecule has 3 aromatic rings. The number of para-hydroxylation sites is 1. The lowest BCUT2D eigenvalue weighted by Gasteiger charge is -2.26. The lowest BCUT2D eigenvalue weighted by molar-refractivity contribution is 0.215. The Morgan fingerprint density at radius 3 is 2.50 bits per heavy atom. The summed E-state index contributed by atoms with van der Waals surface area (Å²) in [6.45, 7) is 3.94. The Labute approximate surface area is 188 Å². The molecule has 2 aromatic carbocycles. The summed E-state index contributed by atoms with van der Waals surface area (Å²) in [6.07, 6.45) is 5.86. The molecule has 4 rings (SSSR count). The van der Waals surface area contributed by atoms with E-state index in [1.807, 2.05) is 18.2 Å². The van der Waals surface area contributed by atoms with Crippen LogP contribution in [0.2, 0.25) is 0 Å². The first-order valence-electron chi connectivity index (χ1n) is 11.3. The number of hydrogen-bond acceptors (Lipinski definition) is 6. The van der Waals surface area contributed by atoms with Crippen LogP contribution in [-0.4, -0.2) is 45.4 Å². The number of ether oxygens (including phenoxy) is 3. The van der Waals surface area contributed by atoms with Gasteiger partial charge in [0, 0.05) is 5.56 Å². The van der Waals surface area contributed by atoms with E-state index in [2.05, 4.69) is 4.90 Å². The largest absolute Gasteiger partial charge is 0.493 e. The maximum atomic E-state index is 13.3. The van der Waals surface area contributed by atoms with E-state index in [9.17, 15) is 4.79 Å². The molecule has 0 aliphatic carbocycles. The number of piperidine rings is 1. The molecule has 0 N–H and O–H groups in total. The van der Waals surface area contributed by atoms with Crippen molar-refractivity contribution >= 4 is 11.0 Å². The van der Waals surface area contributed by atoms with Gasteiger partial charge in [-0.05, 0) is 75.6 Å². The second-order valence-corrected chi connectivity index (χ2v) is 8.11. The van der Waals surface area contributed by atoms with Crippen molar-refractivity contribution in [2.75, 3.05) is 40.5 Å². The molecule has 170 valence electrons. The third kappa shape index (κ3) is 4.91. The van der Waals surface area contributed by atoms with Crippen molar-refractivity contribution in [1.82, 2.24) is 4.90 Å². The normalized spacial score (nSPS) is 14.4. The average molecular weight is 438 g/mol. The van der Waals surface area contributed by atoms with E-state index in [0.29, 0.717) is 40.4 Å². The van der Waals surface area contributed by atoms with Crippen LogP contribution in [0.25, 0.3) is 22.3 Å². The first kappa shape index (κ1) is 22.2. The van der Waals surface area contributed by atoms with E-state index >= 15 is 0 Å². The molecule has 1 aliphatic rings. The van der Waals surface area contributed by atoms with E-state index < -0.39 is 0 Å². The SMILES string of the molecule is COc1ccc(-c2oc3ccccc3c(=O)c2OCCCCN2CCCCC2)cc1OC. The predicted molar refractivity (Wildman–Crippen MR) is 126 cm³/mol. The Morgan fingerprint density at radius 2 is 1.72 bits per heavy atom. The van der Waals surface area contributed by atoms with Gasteiger partial charge in [0.25, 0.3) is 0 Å². The molecule has 0 amide bonds. The summed E-state index contributed by atoms with van der Waals surface area (Å²) in [5.74, 6) is 1.83. The fourth-order valence-corrected chi connectivity index (χ4v) is 4.22. The minimum Gasteiger partial charge on any atom is -0.493 e. The quantitative estimate of drug-likeness (QED) is 0.433. The Hall–Kier alpha value is -2.99. The summed E-state index contributed by atoms with van der Waals surface area (Å²) < 4.78 is 23.0. The Morgan fingerprint density at radius 1 is 0.938 bits per heavy atom. The maximum absolute atomic E-state index is 13.3. The van der Waals surface area contributed by atoms with Crippen LogP contribution in [-0.2, 0) is 0 Å². The highest BCUT2D eigenvalue weighted by Gasteiger charge is 2.19. The second-order valence-electron chi connectivity index (χ2n) is 8.11. The highest BCUT2D eigenvalue weighted by atomic mass is 16.5. The molecular weight excluding hydrogens is 406 g/mol. The molecule has 1 aliphatic heterocycles. The first-order chi connectivity index (χ1) is 15.7. The van der Waals surface area contributed by atoms with Crippen molar-refractivity contribution in [1.29, 1.82) is 0 Å². The van der Waals surface area contributed by atoms with Crippen LogP contribution in [0.1, 0.15) is 32.1 Å². The molecule has 0 bridgehead atoms. The van der Waals surface area contributed by atoms with Gasteiger partial charge < -0.3 is 23.5 Å². The molecule has 0 radical (unpaired) electrons. The van der Waals surface area contributed by atoms with Crippen molar-refractivity contribution in [2.45, 2.75) is 32.1 Å². The standard InChI is InChI=1S/C26H31NO5/c1-29-22-13-12-19(18-23(22)30-2)25-26(24(28)20-10-4-5-11-21(20)32-25)31-17-9-8-16-27-14-6-3-7-15-27/h4-5,10-13,18H,3,6-9,14-17H2,1-2H3. The van der Waals surface area contributed by atoms with Crippen LogP contribution in [0.15, 0.2) is 51.7 Å². The van der Waals surface area contributed by atoms with Gasteiger partial charge in [0.2, 0.25) is 11.2 Å². The first-order valence-corrected chi connectivity index (χ1v) is 11.3. The molecule has 0 saturated carbocycles. The van der Waals surface area contributed by atoms with E-state index in [-0.39, 0.29) is 11.2 Å². The molecule has 0 unspecified atom stereocenters. The summed E-state index contributed by atoms with van der Waals surface area (Å²) >= 11 is 0. The minimum atomic E-state index is -0.160. The second kappa shape index (κ2) is 10.6. The van der Waals surface area contributed by atoms with Crippen molar-refractivity contribution in [2.24, 2.45) is 0 Å². The zero-order valence-electron chi connectivity index (χ0n) is 18.9. The Bertz CT molecular complexity index is 1100. The van der Waals surface area contributed by atoms with Crippen LogP contribution in [0.4, 0.5) is 0 Å². The van der Waals surface area contributed by atoms with E-state index in [4.69, 9.17) is 18.6 Å². The van der Waals surface area contributed by atoms with Gasteiger partial charge in [-0.25, -0.2) is 0 Å². The smallest absolute Gasteiger partial charge is 0.235 e. The van der Waals surface area contributed by atoms with Crippen molar-refractivity contribution in [3.63, 3.8) is 0 Å². The van der Waals surface area contributed by atoms with Crippen molar-refractivity contribution < 1.29 is 18.6 Å². The lowest BCUT2D eigenvalue weighted by Crippen LogP contribution is -2.30. The summed E-state index contributed by atoms with van der Waals surface area (Å²) in [4.78, 5) is 15.8. The topological polar surface area (TPSA) is 61.1 Å². The van der Waals surface area contributed by atoms with Gasteiger partial charge in [-0.15, -0.1) is 0 Å². The zero-order chi connectivity index (χ0) is 22.3. The fraction of sp³-hybridized carbons (Fsp3) is 0.423. The van der Waals surface area contributed by atoms with Crippen LogP contribution in [0.5, 0.6) is 17.2 Å². The van der Waals surface area contributed by atoms with Crippen molar-refractivity contribution in [3.05, 3.63) is 52.7 Å². The highest BCUT2D eigenvalue weighted by molar-refractivity contribution is 5.82. The number of unbranched alkanes of at least 4 members (excludes halogenated alkanes) is 1. The zero-order valence-corrected chi connectivity index (χ0v) is 18.9. The summed E-state index contributed by atoms with van der Waals surface area (Å²) in [7, 11) is 3.17. The number of fused-ring (bicyclic) bond motifs is 1. The van der Waals surface area contributed by atoms with E-state index in [1.165, 1.54) is 32.4 Å². The average Bonchev–Trinajstić information content (AvgIpc) is 2.85. The van der Waals surface area contributed by atoms with Gasteiger partial charge in [0.1, 0.15) is 5.58 Å². The monoisotopic (exact) mass is 437 g/mol. The van der Waals surface area contributed by atoms with Gasteiger partial charge in [-0.2, -0.15) is 0 Å². The van der Waals surface area contributed by atoms with E-state index in [1.54, 1.807) is 38.5 Å². The van der Waals surface area contributed by atoms with Crippen LogP contribution >= 0.6 is 0 Å². The number of benzene rings is 2. The van der Waals surface area contributed by atoms with Gasteiger partial charge in [0.15, 0.2) is 17.3 Å². The highest BCUT2D eigenvalue weighted by Crippen LogP contribution is 2.36. The number of rotatable bonds is 9. The number of likely N-dealkylation sites (tertiary alicyclic amines) is 1.